The van der Waals surface area contributed by atoms with Crippen LogP contribution in [0.1, 0.15) is 20.7 Å². The van der Waals surface area contributed by atoms with Gasteiger partial charge in [0.25, 0.3) is 0 Å². The van der Waals surface area contributed by atoms with Crippen LogP contribution in [0.25, 0.3) is 0 Å². The van der Waals surface area contributed by atoms with Gasteiger partial charge in [-0.2, -0.15) is 0 Å². The largest absolute Gasteiger partial charge is 0.464 e. The van der Waals surface area contributed by atoms with Crippen molar-refractivity contribution >= 4 is 46.5 Å². The number of anilines is 1. The minimum Gasteiger partial charge on any atom is -0.464 e. The molecule has 0 radical (unpaired) electrons. The zero-order valence-corrected chi connectivity index (χ0v) is 13.5. The summed E-state index contributed by atoms with van der Waals surface area (Å²) in [5.41, 5.74) is -0.0401. The minimum atomic E-state index is -1.45. The smallest absolute Gasteiger partial charge is 0.416 e. The number of rotatable bonds is 2. The van der Waals surface area contributed by atoms with E-state index >= 15 is 0 Å². The van der Waals surface area contributed by atoms with Gasteiger partial charge in [-0.25, -0.2) is 9.69 Å². The van der Waals surface area contributed by atoms with Crippen LogP contribution in [0.15, 0.2) is 59.3 Å². The topological polar surface area (TPSA) is 74.7 Å². The molecule has 5 nitrogen and oxygen atoms in total. The van der Waals surface area contributed by atoms with Gasteiger partial charge in [-0.15, -0.1) is 0 Å². The maximum atomic E-state index is 12.7. The number of halogens is 2. The second-order valence-corrected chi connectivity index (χ2v) is 5.78. The number of hydrogen-bond acceptors (Lipinski definition) is 3. The molecule has 2 aromatic rings. The van der Waals surface area contributed by atoms with Gasteiger partial charge < -0.3 is 5.11 Å². The summed E-state index contributed by atoms with van der Waals surface area (Å²) in [6.07, 6.45) is -1.45. The van der Waals surface area contributed by atoms with Gasteiger partial charge in [-0.3, -0.25) is 9.59 Å². The predicted octanol–water partition coefficient (Wildman–Crippen LogP) is 4.35. The Morgan fingerprint density at radius 2 is 1.54 bits per heavy atom. The summed E-state index contributed by atoms with van der Waals surface area (Å²) in [6, 6.07) is 12.0. The number of Topliss-reactive ketones (excluding diaryl/α,β-unsaturated/α-hetero) is 2. The first-order valence-electron chi connectivity index (χ1n) is 6.78. The van der Waals surface area contributed by atoms with Gasteiger partial charge in [0.2, 0.25) is 11.6 Å². The third-order valence-corrected chi connectivity index (χ3v) is 4.11. The van der Waals surface area contributed by atoms with Gasteiger partial charge in [0.05, 0.1) is 5.69 Å². The van der Waals surface area contributed by atoms with E-state index in [0.717, 1.165) is 0 Å². The number of fused-ring (bicyclic) bond motifs is 1. The number of amides is 1. The summed E-state index contributed by atoms with van der Waals surface area (Å²) in [5.74, 6) is -1.24. The fourth-order valence-electron chi connectivity index (χ4n) is 2.48. The van der Waals surface area contributed by atoms with Crippen LogP contribution in [-0.4, -0.2) is 22.8 Å². The normalized spacial score (nSPS) is 13.8. The van der Waals surface area contributed by atoms with Crippen molar-refractivity contribution in [3.05, 3.63) is 75.4 Å². The molecule has 1 N–H and O–H groups in total. The number of benzene rings is 2. The Morgan fingerprint density at radius 1 is 0.917 bits per heavy atom. The summed E-state index contributed by atoms with van der Waals surface area (Å²) in [6.45, 7) is 0. The highest BCUT2D eigenvalue weighted by atomic mass is 35.5. The van der Waals surface area contributed by atoms with Crippen molar-refractivity contribution in [1.82, 2.24) is 0 Å². The van der Waals surface area contributed by atoms with Crippen molar-refractivity contribution in [2.75, 3.05) is 4.90 Å². The van der Waals surface area contributed by atoms with Crippen LogP contribution < -0.4 is 4.90 Å². The van der Waals surface area contributed by atoms with E-state index in [4.69, 9.17) is 23.2 Å². The molecule has 0 heterocycles. The fourth-order valence-corrected chi connectivity index (χ4v) is 2.94. The first-order valence-corrected chi connectivity index (χ1v) is 7.54. The monoisotopic (exact) mass is 361 g/mol. The molecule has 24 heavy (non-hydrogen) atoms. The molecule has 3 rings (SSSR count). The Balaban J connectivity index is 2.22. The van der Waals surface area contributed by atoms with Gasteiger partial charge in [-0.05, 0) is 18.2 Å². The van der Waals surface area contributed by atoms with E-state index in [1.54, 1.807) is 18.2 Å². The molecular weight excluding hydrogens is 353 g/mol. The molecule has 2 aromatic carbocycles. The van der Waals surface area contributed by atoms with E-state index in [2.05, 4.69) is 0 Å². The Morgan fingerprint density at radius 3 is 2.12 bits per heavy atom. The second-order valence-electron chi connectivity index (χ2n) is 4.96. The van der Waals surface area contributed by atoms with Crippen molar-refractivity contribution in [3.63, 3.8) is 0 Å². The van der Waals surface area contributed by atoms with Crippen LogP contribution in [0, 0.1) is 0 Å². The Hall–Kier alpha value is -2.63. The van der Waals surface area contributed by atoms with E-state index in [9.17, 15) is 19.5 Å². The molecule has 120 valence electrons. The van der Waals surface area contributed by atoms with E-state index in [1.165, 1.54) is 30.3 Å². The van der Waals surface area contributed by atoms with Gasteiger partial charge in [0.1, 0.15) is 10.7 Å². The number of carboxylic acid groups (broad SMARTS) is 1. The lowest BCUT2D eigenvalue weighted by molar-refractivity contribution is 0.0977. The molecule has 7 heteroatoms. The summed E-state index contributed by atoms with van der Waals surface area (Å²) in [4.78, 5) is 37.6. The molecule has 1 aliphatic rings. The van der Waals surface area contributed by atoms with Crippen molar-refractivity contribution in [1.29, 1.82) is 0 Å². The summed E-state index contributed by atoms with van der Waals surface area (Å²) in [5, 5.41) is 9.41. The molecule has 0 aromatic heterocycles. The van der Waals surface area contributed by atoms with E-state index in [1.807, 2.05) is 0 Å². The Bertz CT molecular complexity index is 920. The third-order valence-electron chi connectivity index (χ3n) is 3.52. The molecular formula is C17H9Cl2NO4. The molecule has 0 spiro atoms. The van der Waals surface area contributed by atoms with E-state index in [0.29, 0.717) is 4.90 Å². The summed E-state index contributed by atoms with van der Waals surface area (Å²) >= 11 is 12.0. The van der Waals surface area contributed by atoms with Crippen molar-refractivity contribution < 1.29 is 19.5 Å². The van der Waals surface area contributed by atoms with Gasteiger partial charge in [-0.1, -0.05) is 53.5 Å². The molecule has 1 aliphatic carbocycles. The first kappa shape index (κ1) is 16.2. The third kappa shape index (κ3) is 2.58. The number of ketones is 2. The minimum absolute atomic E-state index is 0.107. The average molecular weight is 362 g/mol. The number of carbonyl (C=O) groups is 3. The van der Waals surface area contributed by atoms with Crippen LogP contribution in [0.3, 0.4) is 0 Å². The van der Waals surface area contributed by atoms with Crippen molar-refractivity contribution in [2.24, 2.45) is 0 Å². The maximum absolute atomic E-state index is 12.7. The van der Waals surface area contributed by atoms with Crippen LogP contribution in [0.2, 0.25) is 5.02 Å². The molecule has 0 fully saturated rings. The lowest BCUT2D eigenvalue weighted by Gasteiger charge is -2.26. The average Bonchev–Trinajstić information content (AvgIpc) is 2.56. The molecule has 1 amide bonds. The highest BCUT2D eigenvalue weighted by Gasteiger charge is 2.37. The summed E-state index contributed by atoms with van der Waals surface area (Å²) in [7, 11) is 0. The van der Waals surface area contributed by atoms with Crippen LogP contribution >= 0.6 is 23.2 Å². The standard InChI is InChI=1S/C17H9Cl2NO4/c18-9-4-3-5-10(8-9)20(17(23)24)14-13(19)15(21)11-6-1-2-7-12(11)16(14)22/h1-8H,(H,23,24). The maximum Gasteiger partial charge on any atom is 0.416 e. The van der Waals surface area contributed by atoms with Crippen LogP contribution in [0.5, 0.6) is 0 Å². The van der Waals surface area contributed by atoms with E-state index in [-0.39, 0.29) is 21.8 Å². The predicted molar refractivity (Wildman–Crippen MR) is 89.9 cm³/mol. The Kier molecular flexibility index (Phi) is 4.13. The van der Waals surface area contributed by atoms with Crippen LogP contribution in [0.4, 0.5) is 10.5 Å². The zero-order chi connectivity index (χ0) is 17.4. The highest BCUT2D eigenvalue weighted by Crippen LogP contribution is 2.33. The number of hydrogen-bond donors (Lipinski definition) is 1. The number of nitrogens with zero attached hydrogens (tertiary/aromatic N) is 1. The zero-order valence-electron chi connectivity index (χ0n) is 12.0. The SMILES string of the molecule is O=C1C(Cl)=C(N(C(=O)O)c2cccc(Cl)c2)C(=O)c2ccccc21. The molecule has 0 saturated heterocycles. The van der Waals surface area contributed by atoms with Gasteiger partial charge >= 0.3 is 6.09 Å². The van der Waals surface area contributed by atoms with Crippen molar-refractivity contribution in [2.45, 2.75) is 0 Å². The number of carbonyl (C=O) groups excluding carboxylic acids is 2. The van der Waals surface area contributed by atoms with Gasteiger partial charge in [0.15, 0.2) is 0 Å². The molecule has 0 bridgehead atoms. The first-order chi connectivity index (χ1) is 11.4. The number of allylic oxidation sites excluding steroid dienone is 2. The Labute approximate surface area is 146 Å². The molecule has 0 unspecified atom stereocenters. The highest BCUT2D eigenvalue weighted by molar-refractivity contribution is 6.50. The van der Waals surface area contributed by atoms with E-state index < -0.39 is 28.4 Å². The quantitative estimate of drug-likeness (QED) is 0.862. The molecule has 0 saturated carbocycles. The second kappa shape index (κ2) is 6.11. The lowest BCUT2D eigenvalue weighted by atomic mass is 9.92. The summed E-state index contributed by atoms with van der Waals surface area (Å²) < 4.78 is 0. The lowest BCUT2D eigenvalue weighted by Crippen LogP contribution is -2.36. The molecule has 0 atom stereocenters. The fraction of sp³-hybridized carbons (Fsp3) is 0. The van der Waals surface area contributed by atoms with Crippen LogP contribution in [-0.2, 0) is 0 Å². The van der Waals surface area contributed by atoms with Gasteiger partial charge in [0, 0.05) is 16.1 Å². The van der Waals surface area contributed by atoms with Crippen molar-refractivity contribution in [3.8, 4) is 0 Å². The molecule has 0 aliphatic heterocycles.